The predicted octanol–water partition coefficient (Wildman–Crippen LogP) is 1.81. The highest BCUT2D eigenvalue weighted by atomic mass is 16.5. The molecule has 0 saturated carbocycles. The highest BCUT2D eigenvalue weighted by Gasteiger charge is 2.21. The van der Waals surface area contributed by atoms with Gasteiger partial charge in [0.1, 0.15) is 0 Å². The fourth-order valence-electron chi connectivity index (χ4n) is 1.46. The normalized spacial score (nSPS) is 11.5. The highest BCUT2D eigenvalue weighted by molar-refractivity contribution is 5.96. The van der Waals surface area contributed by atoms with Crippen LogP contribution in [-0.4, -0.2) is 44.2 Å². The van der Waals surface area contributed by atoms with Crippen LogP contribution in [-0.2, 0) is 4.74 Å². The number of rotatable bonds is 5. The molecule has 0 aliphatic heterocycles. The topological polar surface area (TPSA) is 67.6 Å². The number of ether oxygens (including phenoxy) is 1. The molecule has 1 rings (SSSR count). The lowest BCUT2D eigenvalue weighted by molar-refractivity contribution is 0.0601. The van der Waals surface area contributed by atoms with Crippen LogP contribution in [0.15, 0.2) is 18.2 Å². The molecule has 0 aliphatic rings. The third kappa shape index (κ3) is 3.86. The molecule has 0 saturated heterocycles. The van der Waals surface area contributed by atoms with E-state index in [-0.39, 0.29) is 5.54 Å². The minimum atomic E-state index is -0.391. The van der Waals surface area contributed by atoms with E-state index in [1.165, 1.54) is 7.11 Å². The van der Waals surface area contributed by atoms with E-state index in [2.05, 4.69) is 24.1 Å². The van der Waals surface area contributed by atoms with E-state index < -0.39 is 5.97 Å². The van der Waals surface area contributed by atoms with Crippen LogP contribution in [0.3, 0.4) is 0 Å². The summed E-state index contributed by atoms with van der Waals surface area (Å²) in [5.41, 5.74) is 7.40. The molecule has 0 radical (unpaired) electrons. The Morgan fingerprint density at radius 2 is 2.05 bits per heavy atom. The Bertz CT molecular complexity index is 456. The first-order valence-corrected chi connectivity index (χ1v) is 6.17. The number of hydrogen-bond donors (Lipinski definition) is 2. The van der Waals surface area contributed by atoms with Crippen LogP contribution < -0.4 is 11.1 Å². The molecule has 1 aromatic rings. The Morgan fingerprint density at radius 1 is 1.42 bits per heavy atom. The minimum absolute atomic E-state index is 0.0330. The molecular formula is C14H23N3O2. The molecule has 0 spiro atoms. The minimum Gasteiger partial charge on any atom is -0.465 e. The Balaban J connectivity index is 2.92. The number of carbonyl (C=O) groups is 1. The molecule has 19 heavy (non-hydrogen) atoms. The molecule has 0 unspecified atom stereocenters. The maximum absolute atomic E-state index is 11.7. The molecule has 0 aliphatic carbocycles. The number of hydrogen-bond acceptors (Lipinski definition) is 5. The lowest BCUT2D eigenvalue weighted by Crippen LogP contribution is -2.44. The summed E-state index contributed by atoms with van der Waals surface area (Å²) in [5, 5.41) is 3.28. The molecule has 106 valence electrons. The molecular weight excluding hydrogens is 242 g/mol. The Morgan fingerprint density at radius 3 is 2.58 bits per heavy atom. The zero-order valence-corrected chi connectivity index (χ0v) is 12.3. The molecule has 0 heterocycles. The van der Waals surface area contributed by atoms with E-state index in [9.17, 15) is 4.79 Å². The van der Waals surface area contributed by atoms with Gasteiger partial charge in [-0.05, 0) is 46.1 Å². The summed E-state index contributed by atoms with van der Waals surface area (Å²) in [6.07, 6.45) is 0. The largest absolute Gasteiger partial charge is 0.465 e. The van der Waals surface area contributed by atoms with Gasteiger partial charge in [0.05, 0.1) is 12.7 Å². The Kier molecular flexibility index (Phi) is 4.78. The lowest BCUT2D eigenvalue weighted by atomic mass is 10.0. The smallest absolute Gasteiger partial charge is 0.340 e. The Hall–Kier alpha value is -1.75. The maximum Gasteiger partial charge on any atom is 0.340 e. The summed E-state index contributed by atoms with van der Waals surface area (Å²) in [6.45, 7) is 4.94. The van der Waals surface area contributed by atoms with Gasteiger partial charge in [-0.3, -0.25) is 0 Å². The van der Waals surface area contributed by atoms with E-state index in [1.807, 2.05) is 14.1 Å². The van der Waals surface area contributed by atoms with Gasteiger partial charge in [-0.25, -0.2) is 4.79 Å². The summed E-state index contributed by atoms with van der Waals surface area (Å²) >= 11 is 0. The first kappa shape index (κ1) is 15.3. The number of nitrogen functional groups attached to an aromatic ring is 1. The molecule has 0 bridgehead atoms. The van der Waals surface area contributed by atoms with Crippen molar-refractivity contribution >= 4 is 17.3 Å². The number of esters is 1. The van der Waals surface area contributed by atoms with Crippen LogP contribution in [0.1, 0.15) is 24.2 Å². The second kappa shape index (κ2) is 5.93. The zero-order chi connectivity index (χ0) is 14.6. The average molecular weight is 265 g/mol. The van der Waals surface area contributed by atoms with Crippen molar-refractivity contribution in [2.45, 2.75) is 19.4 Å². The van der Waals surface area contributed by atoms with Crippen molar-refractivity contribution in [3.8, 4) is 0 Å². The number of benzene rings is 1. The number of methoxy groups -OCH3 is 1. The molecule has 5 nitrogen and oxygen atoms in total. The third-order valence-corrected chi connectivity index (χ3v) is 3.37. The third-order valence-electron chi connectivity index (χ3n) is 3.37. The monoisotopic (exact) mass is 265 g/mol. The number of anilines is 2. The van der Waals surface area contributed by atoms with Crippen LogP contribution in [0.5, 0.6) is 0 Å². The fraction of sp³-hybridized carbons (Fsp3) is 0.500. The number of likely N-dealkylation sites (N-methyl/N-ethyl adjacent to an activating group) is 1. The summed E-state index contributed by atoms with van der Waals surface area (Å²) < 4.78 is 4.77. The van der Waals surface area contributed by atoms with Gasteiger partial charge in [0.15, 0.2) is 0 Å². The molecule has 3 N–H and O–H groups in total. The van der Waals surface area contributed by atoms with Gasteiger partial charge in [-0.15, -0.1) is 0 Å². The highest BCUT2D eigenvalue weighted by Crippen LogP contribution is 2.21. The first-order valence-electron chi connectivity index (χ1n) is 6.17. The van der Waals surface area contributed by atoms with Gasteiger partial charge in [-0.2, -0.15) is 0 Å². The predicted molar refractivity (Wildman–Crippen MR) is 78.4 cm³/mol. The molecule has 1 aromatic carbocycles. The van der Waals surface area contributed by atoms with Gasteiger partial charge < -0.3 is 20.7 Å². The van der Waals surface area contributed by atoms with E-state index in [1.54, 1.807) is 18.2 Å². The summed E-state index contributed by atoms with van der Waals surface area (Å²) in [7, 11) is 5.40. The van der Waals surface area contributed by atoms with Gasteiger partial charge >= 0.3 is 5.97 Å². The van der Waals surface area contributed by atoms with E-state index in [4.69, 9.17) is 10.5 Å². The summed E-state index contributed by atoms with van der Waals surface area (Å²) in [4.78, 5) is 13.8. The van der Waals surface area contributed by atoms with Crippen molar-refractivity contribution in [1.82, 2.24) is 4.90 Å². The quantitative estimate of drug-likeness (QED) is 0.628. The number of nitrogens with zero attached hydrogens (tertiary/aromatic N) is 1. The molecule has 0 amide bonds. The van der Waals surface area contributed by atoms with Gasteiger partial charge in [0.25, 0.3) is 0 Å². The van der Waals surface area contributed by atoms with Crippen LogP contribution in [0.25, 0.3) is 0 Å². The van der Waals surface area contributed by atoms with Gasteiger partial charge in [-0.1, -0.05) is 0 Å². The summed E-state index contributed by atoms with van der Waals surface area (Å²) in [5.74, 6) is -0.391. The van der Waals surface area contributed by atoms with Crippen molar-refractivity contribution in [1.29, 1.82) is 0 Å². The summed E-state index contributed by atoms with van der Waals surface area (Å²) in [6, 6.07) is 5.18. The van der Waals surface area contributed by atoms with Crippen molar-refractivity contribution in [2.24, 2.45) is 0 Å². The van der Waals surface area contributed by atoms with Crippen molar-refractivity contribution in [2.75, 3.05) is 38.8 Å². The second-order valence-electron chi connectivity index (χ2n) is 5.36. The standard InChI is InChI=1S/C14H23N3O2/c1-14(2,17(3)4)9-16-12-7-6-10(15)8-11(12)13(18)19-5/h6-8,16H,9,15H2,1-5H3. The first-order chi connectivity index (χ1) is 8.77. The van der Waals surface area contributed by atoms with Crippen molar-refractivity contribution in [3.05, 3.63) is 23.8 Å². The fourth-order valence-corrected chi connectivity index (χ4v) is 1.46. The molecule has 5 heteroatoms. The number of carbonyl (C=O) groups excluding carboxylic acids is 1. The van der Waals surface area contributed by atoms with Crippen LogP contribution in [0.2, 0.25) is 0 Å². The number of nitrogens with one attached hydrogen (secondary N) is 1. The molecule has 0 atom stereocenters. The maximum atomic E-state index is 11.7. The van der Waals surface area contributed by atoms with Gasteiger partial charge in [0, 0.05) is 23.5 Å². The van der Waals surface area contributed by atoms with Crippen molar-refractivity contribution in [3.63, 3.8) is 0 Å². The van der Waals surface area contributed by atoms with Crippen LogP contribution in [0, 0.1) is 0 Å². The Labute approximate surface area is 114 Å². The average Bonchev–Trinajstić information content (AvgIpc) is 2.36. The number of nitrogens with two attached hydrogens (primary N) is 1. The van der Waals surface area contributed by atoms with Crippen molar-refractivity contribution < 1.29 is 9.53 Å². The molecule has 0 aromatic heterocycles. The zero-order valence-electron chi connectivity index (χ0n) is 12.3. The SMILES string of the molecule is COC(=O)c1cc(N)ccc1NCC(C)(C)N(C)C. The van der Waals surface area contributed by atoms with E-state index in [0.717, 1.165) is 5.69 Å². The van der Waals surface area contributed by atoms with Crippen LogP contribution >= 0.6 is 0 Å². The lowest BCUT2D eigenvalue weighted by Gasteiger charge is -2.33. The van der Waals surface area contributed by atoms with Crippen LogP contribution in [0.4, 0.5) is 11.4 Å². The second-order valence-corrected chi connectivity index (χ2v) is 5.36. The van der Waals surface area contributed by atoms with Gasteiger partial charge in [0.2, 0.25) is 0 Å². The van der Waals surface area contributed by atoms with E-state index in [0.29, 0.717) is 17.8 Å². The van der Waals surface area contributed by atoms with E-state index >= 15 is 0 Å². The molecule has 0 fully saturated rings.